The summed E-state index contributed by atoms with van der Waals surface area (Å²) in [6, 6.07) is 3.33. The van der Waals surface area contributed by atoms with Gasteiger partial charge in [0.2, 0.25) is 5.89 Å². The number of aryl methyl sites for hydroxylation is 1. The van der Waals surface area contributed by atoms with Gasteiger partial charge in [0.1, 0.15) is 5.56 Å². The molecule has 7 nitrogen and oxygen atoms in total. The molecule has 128 valence electrons. The SMILES string of the molecule is Cc1ccc(C(=O)N2CCCC(c3noc(C(C)C)n3)C2)c(=O)[nH]1. The second-order valence-electron chi connectivity index (χ2n) is 6.62. The first kappa shape index (κ1) is 16.4. The predicted octanol–water partition coefficient (Wildman–Crippen LogP) is 2.21. The van der Waals surface area contributed by atoms with Gasteiger partial charge in [0, 0.05) is 30.6 Å². The zero-order valence-electron chi connectivity index (χ0n) is 14.2. The van der Waals surface area contributed by atoms with Crippen molar-refractivity contribution < 1.29 is 9.32 Å². The number of carbonyl (C=O) groups excluding carboxylic acids is 1. The minimum absolute atomic E-state index is 0.0449. The normalized spacial score (nSPS) is 18.2. The molecular formula is C17H22N4O3. The van der Waals surface area contributed by atoms with Crippen LogP contribution in [-0.4, -0.2) is 39.0 Å². The molecule has 0 spiro atoms. The van der Waals surface area contributed by atoms with E-state index in [9.17, 15) is 9.59 Å². The van der Waals surface area contributed by atoms with Gasteiger partial charge in [-0.25, -0.2) is 0 Å². The molecule has 0 bridgehead atoms. The van der Waals surface area contributed by atoms with E-state index < -0.39 is 0 Å². The molecule has 2 aromatic heterocycles. The molecule has 1 saturated heterocycles. The number of likely N-dealkylation sites (tertiary alicyclic amines) is 1. The van der Waals surface area contributed by atoms with Gasteiger partial charge in [-0.3, -0.25) is 9.59 Å². The van der Waals surface area contributed by atoms with Crippen LogP contribution in [0.4, 0.5) is 0 Å². The van der Waals surface area contributed by atoms with E-state index in [0.717, 1.165) is 18.5 Å². The average molecular weight is 330 g/mol. The summed E-state index contributed by atoms with van der Waals surface area (Å²) in [5.41, 5.74) is 0.571. The molecule has 1 aliphatic rings. The molecule has 1 unspecified atom stereocenters. The Morgan fingerprint density at radius 2 is 2.21 bits per heavy atom. The molecule has 24 heavy (non-hydrogen) atoms. The molecule has 1 N–H and O–H groups in total. The Kier molecular flexibility index (Phi) is 4.51. The summed E-state index contributed by atoms with van der Waals surface area (Å²) in [5.74, 6) is 1.24. The Morgan fingerprint density at radius 3 is 2.88 bits per heavy atom. The maximum Gasteiger partial charge on any atom is 0.260 e. The predicted molar refractivity (Wildman–Crippen MR) is 88.1 cm³/mol. The van der Waals surface area contributed by atoms with Crippen molar-refractivity contribution in [3.63, 3.8) is 0 Å². The van der Waals surface area contributed by atoms with Crippen molar-refractivity contribution >= 4 is 5.91 Å². The molecular weight excluding hydrogens is 308 g/mol. The van der Waals surface area contributed by atoms with Crippen LogP contribution in [0.15, 0.2) is 21.5 Å². The Morgan fingerprint density at radius 1 is 1.42 bits per heavy atom. The van der Waals surface area contributed by atoms with Crippen LogP contribution in [0.3, 0.4) is 0 Å². The van der Waals surface area contributed by atoms with Crippen molar-refractivity contribution in [2.24, 2.45) is 0 Å². The number of piperidine rings is 1. The molecule has 1 aliphatic heterocycles. The van der Waals surface area contributed by atoms with Gasteiger partial charge < -0.3 is 14.4 Å². The summed E-state index contributed by atoms with van der Waals surface area (Å²) in [4.78, 5) is 33.5. The van der Waals surface area contributed by atoms with Crippen LogP contribution in [0.5, 0.6) is 0 Å². The smallest absolute Gasteiger partial charge is 0.260 e. The third kappa shape index (κ3) is 3.25. The first-order valence-corrected chi connectivity index (χ1v) is 8.28. The Balaban J connectivity index is 1.77. The summed E-state index contributed by atoms with van der Waals surface area (Å²) in [5, 5.41) is 4.06. The summed E-state index contributed by atoms with van der Waals surface area (Å²) in [7, 11) is 0. The number of pyridine rings is 1. The standard InChI is InChI=1S/C17H22N4O3/c1-10(2)16-19-14(20-24-16)12-5-4-8-21(9-12)17(23)13-7-6-11(3)18-15(13)22/h6-7,10,12H,4-5,8-9H2,1-3H3,(H,18,22). The Hall–Kier alpha value is -2.44. The highest BCUT2D eigenvalue weighted by atomic mass is 16.5. The topological polar surface area (TPSA) is 92.1 Å². The second kappa shape index (κ2) is 6.59. The first-order valence-electron chi connectivity index (χ1n) is 8.28. The summed E-state index contributed by atoms with van der Waals surface area (Å²) in [6.45, 7) is 6.92. The second-order valence-corrected chi connectivity index (χ2v) is 6.62. The minimum Gasteiger partial charge on any atom is -0.339 e. The Bertz CT molecular complexity index is 793. The van der Waals surface area contributed by atoms with Gasteiger partial charge in [-0.2, -0.15) is 4.98 Å². The maximum atomic E-state index is 12.7. The van der Waals surface area contributed by atoms with E-state index in [1.165, 1.54) is 0 Å². The number of aromatic nitrogens is 3. The molecule has 1 amide bonds. The number of carbonyl (C=O) groups is 1. The highest BCUT2D eigenvalue weighted by molar-refractivity contribution is 5.93. The molecule has 0 aliphatic carbocycles. The minimum atomic E-state index is -0.344. The van der Waals surface area contributed by atoms with Crippen molar-refractivity contribution in [2.45, 2.75) is 45.4 Å². The zero-order valence-corrected chi connectivity index (χ0v) is 14.2. The van der Waals surface area contributed by atoms with Crippen LogP contribution in [0.25, 0.3) is 0 Å². The molecule has 1 atom stereocenters. The number of nitrogens with one attached hydrogen (secondary N) is 1. The Labute approximate surface area is 140 Å². The quantitative estimate of drug-likeness (QED) is 0.931. The lowest BCUT2D eigenvalue weighted by atomic mass is 9.96. The monoisotopic (exact) mass is 330 g/mol. The van der Waals surface area contributed by atoms with Crippen molar-refractivity contribution in [1.82, 2.24) is 20.0 Å². The van der Waals surface area contributed by atoms with Crippen LogP contribution in [0.1, 0.15) is 66.3 Å². The summed E-state index contributed by atoms with van der Waals surface area (Å²) >= 11 is 0. The van der Waals surface area contributed by atoms with Gasteiger partial charge in [-0.15, -0.1) is 0 Å². The van der Waals surface area contributed by atoms with Crippen LogP contribution in [-0.2, 0) is 0 Å². The third-order valence-corrected chi connectivity index (χ3v) is 4.31. The van der Waals surface area contributed by atoms with Gasteiger partial charge in [0.05, 0.1) is 0 Å². The average Bonchev–Trinajstić information content (AvgIpc) is 3.05. The summed E-state index contributed by atoms with van der Waals surface area (Å²) in [6.07, 6.45) is 1.76. The van der Waals surface area contributed by atoms with Crippen LogP contribution < -0.4 is 5.56 Å². The number of nitrogens with zero attached hydrogens (tertiary/aromatic N) is 3. The van der Waals surface area contributed by atoms with Gasteiger partial charge >= 0.3 is 0 Å². The molecule has 0 aromatic carbocycles. The van der Waals surface area contributed by atoms with Crippen molar-refractivity contribution in [3.05, 3.63) is 45.5 Å². The van der Waals surface area contributed by atoms with Gasteiger partial charge in [-0.05, 0) is 31.9 Å². The van der Waals surface area contributed by atoms with Crippen LogP contribution in [0.2, 0.25) is 0 Å². The first-order chi connectivity index (χ1) is 11.5. The van der Waals surface area contributed by atoms with Crippen molar-refractivity contribution in [2.75, 3.05) is 13.1 Å². The van der Waals surface area contributed by atoms with E-state index in [0.29, 0.717) is 24.8 Å². The van der Waals surface area contributed by atoms with E-state index in [4.69, 9.17) is 4.52 Å². The molecule has 3 heterocycles. The van der Waals surface area contributed by atoms with E-state index in [2.05, 4.69) is 15.1 Å². The third-order valence-electron chi connectivity index (χ3n) is 4.31. The fourth-order valence-electron chi connectivity index (χ4n) is 2.93. The molecule has 1 fully saturated rings. The fourth-order valence-corrected chi connectivity index (χ4v) is 2.93. The fraction of sp³-hybridized carbons (Fsp3) is 0.529. The van der Waals surface area contributed by atoms with Crippen LogP contribution >= 0.6 is 0 Å². The van der Waals surface area contributed by atoms with E-state index in [1.807, 2.05) is 13.8 Å². The molecule has 0 saturated carbocycles. The van der Waals surface area contributed by atoms with Crippen molar-refractivity contribution in [3.8, 4) is 0 Å². The number of hydrogen-bond acceptors (Lipinski definition) is 5. The largest absolute Gasteiger partial charge is 0.339 e. The molecule has 2 aromatic rings. The number of H-pyrrole nitrogens is 1. The number of hydrogen-bond donors (Lipinski definition) is 1. The van der Waals surface area contributed by atoms with Crippen molar-refractivity contribution in [1.29, 1.82) is 0 Å². The van der Waals surface area contributed by atoms with E-state index in [1.54, 1.807) is 24.0 Å². The summed E-state index contributed by atoms with van der Waals surface area (Å²) < 4.78 is 5.27. The molecule has 7 heteroatoms. The molecule has 0 radical (unpaired) electrons. The van der Waals surface area contributed by atoms with E-state index >= 15 is 0 Å². The zero-order chi connectivity index (χ0) is 17.3. The van der Waals surface area contributed by atoms with Gasteiger partial charge in [0.25, 0.3) is 11.5 Å². The highest BCUT2D eigenvalue weighted by Gasteiger charge is 2.29. The van der Waals surface area contributed by atoms with Gasteiger partial charge in [0.15, 0.2) is 5.82 Å². The number of aromatic amines is 1. The van der Waals surface area contributed by atoms with E-state index in [-0.39, 0.29) is 28.9 Å². The number of rotatable bonds is 3. The highest BCUT2D eigenvalue weighted by Crippen LogP contribution is 2.26. The molecule has 3 rings (SSSR count). The number of amides is 1. The van der Waals surface area contributed by atoms with Gasteiger partial charge in [-0.1, -0.05) is 19.0 Å². The van der Waals surface area contributed by atoms with Crippen LogP contribution in [0, 0.1) is 6.92 Å². The lowest BCUT2D eigenvalue weighted by Gasteiger charge is -2.31. The lowest BCUT2D eigenvalue weighted by molar-refractivity contribution is 0.0701. The lowest BCUT2D eigenvalue weighted by Crippen LogP contribution is -2.41. The maximum absolute atomic E-state index is 12.7.